The van der Waals surface area contributed by atoms with Gasteiger partial charge in [-0.15, -0.1) is 0 Å². The molecule has 0 atom stereocenters. The number of nitrogen functional groups attached to an aromatic ring is 1. The average Bonchev–Trinajstić information content (AvgIpc) is 3.32. The van der Waals surface area contributed by atoms with Gasteiger partial charge in [0.25, 0.3) is 0 Å². The van der Waals surface area contributed by atoms with Gasteiger partial charge in [-0.3, -0.25) is 14.3 Å². The maximum atomic E-state index is 12.5. The van der Waals surface area contributed by atoms with E-state index >= 15 is 0 Å². The highest BCUT2D eigenvalue weighted by Gasteiger charge is 2.29. The van der Waals surface area contributed by atoms with E-state index in [4.69, 9.17) is 10.5 Å². The standard InChI is InChI=1S/C16H24N8O2/c1-21-15(17)13-10-23(11-14(13)20-21)16(25)19-12-8-18-24(9-12)3-2-22-4-6-26-7-5-22/h8-9H,2-7,10-11,17H2,1H3,(H,19,25). The molecule has 2 aliphatic rings. The summed E-state index contributed by atoms with van der Waals surface area (Å²) in [4.78, 5) is 16.5. The second-order valence-corrected chi connectivity index (χ2v) is 6.67. The van der Waals surface area contributed by atoms with E-state index in [0.29, 0.717) is 24.6 Å². The van der Waals surface area contributed by atoms with Gasteiger partial charge in [0, 0.05) is 38.4 Å². The van der Waals surface area contributed by atoms with E-state index in [1.54, 1.807) is 15.8 Å². The van der Waals surface area contributed by atoms with Gasteiger partial charge in [-0.05, 0) is 0 Å². The van der Waals surface area contributed by atoms with Crippen molar-refractivity contribution in [3.8, 4) is 0 Å². The molecule has 4 heterocycles. The van der Waals surface area contributed by atoms with E-state index in [1.165, 1.54) is 0 Å². The van der Waals surface area contributed by atoms with Crippen molar-refractivity contribution in [2.75, 3.05) is 43.9 Å². The molecule has 1 fully saturated rings. The lowest BCUT2D eigenvalue weighted by atomic mass is 10.3. The number of morpholine rings is 1. The number of urea groups is 1. The maximum absolute atomic E-state index is 12.5. The summed E-state index contributed by atoms with van der Waals surface area (Å²) in [6.07, 6.45) is 3.53. The van der Waals surface area contributed by atoms with E-state index in [1.807, 2.05) is 17.9 Å². The molecule has 0 spiro atoms. The Labute approximate surface area is 151 Å². The highest BCUT2D eigenvalue weighted by molar-refractivity contribution is 5.89. The van der Waals surface area contributed by atoms with Gasteiger partial charge in [0.2, 0.25) is 0 Å². The number of nitrogens with one attached hydrogen (secondary N) is 1. The topological polar surface area (TPSA) is 106 Å². The normalized spacial score (nSPS) is 17.5. The van der Waals surface area contributed by atoms with E-state index in [9.17, 15) is 4.79 Å². The van der Waals surface area contributed by atoms with Crippen molar-refractivity contribution in [3.05, 3.63) is 23.7 Å². The number of nitrogens with two attached hydrogens (primary N) is 1. The molecule has 4 rings (SSSR count). The molecule has 1 saturated heterocycles. The van der Waals surface area contributed by atoms with Crippen LogP contribution < -0.4 is 11.1 Å². The number of aryl methyl sites for hydroxylation is 1. The van der Waals surface area contributed by atoms with E-state index in [0.717, 1.165) is 50.7 Å². The SMILES string of the molecule is Cn1nc2c(c1N)CN(C(=O)Nc1cnn(CCN3CCOCC3)c1)C2. The van der Waals surface area contributed by atoms with Gasteiger partial charge in [0.1, 0.15) is 5.82 Å². The fourth-order valence-electron chi connectivity index (χ4n) is 3.33. The van der Waals surface area contributed by atoms with Crippen LogP contribution in [0.4, 0.5) is 16.3 Å². The van der Waals surface area contributed by atoms with Crippen LogP contribution in [0.3, 0.4) is 0 Å². The number of carbonyl (C=O) groups is 1. The van der Waals surface area contributed by atoms with Crippen LogP contribution in [0.15, 0.2) is 12.4 Å². The zero-order chi connectivity index (χ0) is 18.1. The number of hydrogen-bond acceptors (Lipinski definition) is 6. The fourth-order valence-corrected chi connectivity index (χ4v) is 3.33. The first-order valence-corrected chi connectivity index (χ1v) is 8.79. The van der Waals surface area contributed by atoms with E-state index in [2.05, 4.69) is 20.4 Å². The smallest absolute Gasteiger partial charge is 0.322 e. The largest absolute Gasteiger partial charge is 0.384 e. The van der Waals surface area contributed by atoms with Crippen molar-refractivity contribution in [2.24, 2.45) is 7.05 Å². The van der Waals surface area contributed by atoms with Crippen molar-refractivity contribution in [1.29, 1.82) is 0 Å². The van der Waals surface area contributed by atoms with Gasteiger partial charge in [0.05, 0.1) is 50.4 Å². The molecule has 3 N–H and O–H groups in total. The van der Waals surface area contributed by atoms with Crippen LogP contribution in [-0.2, 0) is 31.4 Å². The van der Waals surface area contributed by atoms with Crippen LogP contribution in [0.25, 0.3) is 0 Å². The van der Waals surface area contributed by atoms with Crippen LogP contribution >= 0.6 is 0 Å². The summed E-state index contributed by atoms with van der Waals surface area (Å²) in [7, 11) is 1.81. The van der Waals surface area contributed by atoms with Crippen molar-refractivity contribution >= 4 is 17.5 Å². The average molecular weight is 360 g/mol. The molecule has 2 aromatic rings. The minimum absolute atomic E-state index is 0.169. The molecule has 26 heavy (non-hydrogen) atoms. The summed E-state index contributed by atoms with van der Waals surface area (Å²) in [6, 6.07) is -0.169. The molecule has 0 aliphatic carbocycles. The third kappa shape index (κ3) is 3.37. The molecular formula is C16H24N8O2. The lowest BCUT2D eigenvalue weighted by Gasteiger charge is -2.26. The first kappa shape index (κ1) is 16.9. The fraction of sp³-hybridized carbons (Fsp3) is 0.562. The van der Waals surface area contributed by atoms with Crippen molar-refractivity contribution in [3.63, 3.8) is 0 Å². The monoisotopic (exact) mass is 360 g/mol. The Kier molecular flexibility index (Phi) is 4.51. The molecule has 10 nitrogen and oxygen atoms in total. The number of rotatable bonds is 4. The molecule has 0 radical (unpaired) electrons. The molecule has 2 aliphatic heterocycles. The third-order valence-corrected chi connectivity index (χ3v) is 4.89. The highest BCUT2D eigenvalue weighted by atomic mass is 16.5. The Hall–Kier alpha value is -2.59. The number of nitrogens with zero attached hydrogens (tertiary/aromatic N) is 6. The minimum Gasteiger partial charge on any atom is -0.384 e. The molecule has 2 amide bonds. The summed E-state index contributed by atoms with van der Waals surface area (Å²) < 4.78 is 8.85. The van der Waals surface area contributed by atoms with E-state index in [-0.39, 0.29) is 6.03 Å². The highest BCUT2D eigenvalue weighted by Crippen LogP contribution is 2.27. The van der Waals surface area contributed by atoms with Crippen molar-refractivity contribution in [1.82, 2.24) is 29.4 Å². The van der Waals surface area contributed by atoms with Gasteiger partial charge >= 0.3 is 6.03 Å². The molecule has 2 aromatic heterocycles. The number of anilines is 2. The second kappa shape index (κ2) is 6.96. The molecule has 140 valence electrons. The number of fused-ring (bicyclic) bond motifs is 1. The summed E-state index contributed by atoms with van der Waals surface area (Å²) in [6.45, 7) is 6.15. The van der Waals surface area contributed by atoms with Gasteiger partial charge in [-0.1, -0.05) is 0 Å². The van der Waals surface area contributed by atoms with Gasteiger partial charge < -0.3 is 20.7 Å². The first-order valence-electron chi connectivity index (χ1n) is 8.79. The van der Waals surface area contributed by atoms with Crippen molar-refractivity contribution in [2.45, 2.75) is 19.6 Å². The van der Waals surface area contributed by atoms with Crippen LogP contribution in [0, 0.1) is 0 Å². The Morgan fingerprint density at radius 2 is 2.12 bits per heavy atom. The Balaban J connectivity index is 1.29. The predicted molar refractivity (Wildman–Crippen MR) is 95.4 cm³/mol. The molecule has 0 aromatic carbocycles. The molecular weight excluding hydrogens is 336 g/mol. The second-order valence-electron chi connectivity index (χ2n) is 6.67. The zero-order valence-corrected chi connectivity index (χ0v) is 14.9. The molecule has 10 heteroatoms. The summed E-state index contributed by atoms with van der Waals surface area (Å²) >= 11 is 0. The van der Waals surface area contributed by atoms with Crippen LogP contribution in [-0.4, -0.2) is 68.2 Å². The first-order chi connectivity index (χ1) is 12.6. The number of hydrogen-bond donors (Lipinski definition) is 2. The van der Waals surface area contributed by atoms with Crippen LogP contribution in [0.5, 0.6) is 0 Å². The number of ether oxygens (including phenoxy) is 1. The number of aromatic nitrogens is 4. The summed E-state index contributed by atoms with van der Waals surface area (Å²) in [5.41, 5.74) is 8.47. The third-order valence-electron chi connectivity index (χ3n) is 4.89. The molecule has 0 saturated carbocycles. The Morgan fingerprint density at radius 1 is 1.31 bits per heavy atom. The van der Waals surface area contributed by atoms with Crippen LogP contribution in [0.1, 0.15) is 11.3 Å². The quantitative estimate of drug-likeness (QED) is 0.800. The van der Waals surface area contributed by atoms with Gasteiger partial charge in [-0.25, -0.2) is 4.79 Å². The molecule has 0 bridgehead atoms. The summed E-state index contributed by atoms with van der Waals surface area (Å²) in [5.74, 6) is 0.617. The van der Waals surface area contributed by atoms with Gasteiger partial charge in [-0.2, -0.15) is 10.2 Å². The lowest BCUT2D eigenvalue weighted by Crippen LogP contribution is -2.38. The van der Waals surface area contributed by atoms with Crippen molar-refractivity contribution < 1.29 is 9.53 Å². The number of carbonyl (C=O) groups excluding carboxylic acids is 1. The lowest BCUT2D eigenvalue weighted by molar-refractivity contribution is 0.0360. The maximum Gasteiger partial charge on any atom is 0.322 e. The minimum atomic E-state index is -0.169. The zero-order valence-electron chi connectivity index (χ0n) is 14.9. The molecule has 0 unspecified atom stereocenters. The van der Waals surface area contributed by atoms with Crippen LogP contribution in [0.2, 0.25) is 0 Å². The Bertz CT molecular complexity index is 792. The summed E-state index contributed by atoms with van der Waals surface area (Å²) in [5, 5.41) is 11.6. The Morgan fingerprint density at radius 3 is 2.88 bits per heavy atom. The van der Waals surface area contributed by atoms with E-state index < -0.39 is 0 Å². The predicted octanol–water partition coefficient (Wildman–Crippen LogP) is 0.0787. The van der Waals surface area contributed by atoms with Gasteiger partial charge in [0.15, 0.2) is 0 Å². The number of amides is 2.